The number of hydrogen-bond donors (Lipinski definition) is 2. The van der Waals surface area contributed by atoms with Gasteiger partial charge in [-0.1, -0.05) is 35.9 Å². The second-order valence-electron chi connectivity index (χ2n) is 6.67. The van der Waals surface area contributed by atoms with E-state index in [-0.39, 0.29) is 19.0 Å². The average Bonchev–Trinajstić information content (AvgIpc) is 2.76. The molecule has 8 heteroatoms. The minimum Gasteiger partial charge on any atom is -0.368 e. The summed E-state index contributed by atoms with van der Waals surface area (Å²) in [5.41, 5.74) is 1.51. The number of amides is 3. The van der Waals surface area contributed by atoms with Gasteiger partial charge in [-0.25, -0.2) is 0 Å². The quantitative estimate of drug-likeness (QED) is 0.751. The third-order valence-corrected chi connectivity index (χ3v) is 4.92. The fourth-order valence-corrected chi connectivity index (χ4v) is 3.28. The van der Waals surface area contributed by atoms with Gasteiger partial charge in [-0.05, 0) is 30.3 Å². The summed E-state index contributed by atoms with van der Waals surface area (Å²) >= 11 is 5.85. The van der Waals surface area contributed by atoms with Crippen LogP contribution in [0, 0.1) is 0 Å². The smallest absolute Gasteiger partial charge is 0.251 e. The van der Waals surface area contributed by atoms with Crippen LogP contribution in [0.1, 0.15) is 10.4 Å². The highest BCUT2D eigenvalue weighted by Gasteiger charge is 2.21. The van der Waals surface area contributed by atoms with Gasteiger partial charge in [0.05, 0.1) is 13.1 Å². The van der Waals surface area contributed by atoms with E-state index in [9.17, 15) is 14.4 Å². The molecule has 152 valence electrons. The van der Waals surface area contributed by atoms with E-state index >= 15 is 0 Å². The van der Waals surface area contributed by atoms with E-state index in [1.807, 2.05) is 18.2 Å². The predicted octanol–water partition coefficient (Wildman–Crippen LogP) is 1.53. The van der Waals surface area contributed by atoms with Gasteiger partial charge in [0.15, 0.2) is 0 Å². The first-order chi connectivity index (χ1) is 14.0. The molecule has 0 unspecified atom stereocenters. The van der Waals surface area contributed by atoms with Crippen molar-refractivity contribution in [3.8, 4) is 0 Å². The highest BCUT2D eigenvalue weighted by molar-refractivity contribution is 6.31. The van der Waals surface area contributed by atoms with Crippen LogP contribution in [0.3, 0.4) is 0 Å². The molecular weight excluding hydrogens is 392 g/mol. The van der Waals surface area contributed by atoms with Gasteiger partial charge in [-0.2, -0.15) is 0 Å². The van der Waals surface area contributed by atoms with E-state index in [1.54, 1.807) is 23.1 Å². The Labute approximate surface area is 174 Å². The van der Waals surface area contributed by atoms with Crippen LogP contribution in [0.25, 0.3) is 0 Å². The molecule has 1 aliphatic rings. The molecular formula is C21H23ClN4O3. The second kappa shape index (κ2) is 9.93. The second-order valence-corrected chi connectivity index (χ2v) is 7.11. The molecule has 2 aromatic rings. The lowest BCUT2D eigenvalue weighted by Crippen LogP contribution is -2.51. The number of anilines is 1. The van der Waals surface area contributed by atoms with Gasteiger partial charge < -0.3 is 20.4 Å². The molecule has 1 heterocycles. The van der Waals surface area contributed by atoms with Gasteiger partial charge in [-0.3, -0.25) is 14.4 Å². The van der Waals surface area contributed by atoms with Crippen molar-refractivity contribution >= 4 is 35.0 Å². The Morgan fingerprint density at radius 3 is 2.28 bits per heavy atom. The van der Waals surface area contributed by atoms with Gasteiger partial charge in [0, 0.05) is 42.5 Å². The molecule has 1 saturated heterocycles. The zero-order valence-corrected chi connectivity index (χ0v) is 16.7. The third kappa shape index (κ3) is 5.96. The molecule has 0 aliphatic carbocycles. The van der Waals surface area contributed by atoms with Crippen LogP contribution >= 0.6 is 11.6 Å². The summed E-state index contributed by atoms with van der Waals surface area (Å²) in [6.45, 7) is 2.42. The number of nitrogens with zero attached hydrogens (tertiary/aromatic N) is 2. The van der Waals surface area contributed by atoms with Crippen molar-refractivity contribution in [1.29, 1.82) is 0 Å². The predicted molar refractivity (Wildman–Crippen MR) is 112 cm³/mol. The maximum Gasteiger partial charge on any atom is 0.251 e. The molecule has 3 rings (SSSR count). The van der Waals surface area contributed by atoms with Crippen molar-refractivity contribution in [2.24, 2.45) is 0 Å². The zero-order valence-electron chi connectivity index (χ0n) is 15.9. The van der Waals surface area contributed by atoms with Gasteiger partial charge >= 0.3 is 0 Å². The topological polar surface area (TPSA) is 81.8 Å². The first-order valence-electron chi connectivity index (χ1n) is 9.41. The van der Waals surface area contributed by atoms with Gasteiger partial charge in [0.25, 0.3) is 5.91 Å². The average molecular weight is 415 g/mol. The Kier molecular flexibility index (Phi) is 7.08. The number of benzene rings is 2. The summed E-state index contributed by atoms with van der Waals surface area (Å²) in [4.78, 5) is 40.2. The summed E-state index contributed by atoms with van der Waals surface area (Å²) < 4.78 is 0. The van der Waals surface area contributed by atoms with Crippen LogP contribution in [0.2, 0.25) is 5.02 Å². The number of para-hydroxylation sites is 1. The fraction of sp³-hybridized carbons (Fsp3) is 0.286. The van der Waals surface area contributed by atoms with Crippen molar-refractivity contribution in [3.05, 3.63) is 65.2 Å². The molecule has 0 saturated carbocycles. The molecule has 1 fully saturated rings. The highest BCUT2D eigenvalue weighted by atomic mass is 35.5. The maximum atomic E-state index is 12.3. The van der Waals surface area contributed by atoms with Crippen LogP contribution in [-0.2, 0) is 9.59 Å². The van der Waals surface area contributed by atoms with E-state index in [0.717, 1.165) is 18.8 Å². The van der Waals surface area contributed by atoms with Gasteiger partial charge in [-0.15, -0.1) is 0 Å². The molecule has 0 spiro atoms. The van der Waals surface area contributed by atoms with E-state index in [4.69, 9.17) is 11.6 Å². The summed E-state index contributed by atoms with van der Waals surface area (Å²) in [5.74, 6) is -0.949. The molecule has 0 atom stereocenters. The SMILES string of the molecule is O=C(CNC(=O)c1cccc(Cl)c1)NCC(=O)N1CCN(c2ccccc2)CC1. The molecule has 0 aromatic heterocycles. The number of piperazine rings is 1. The minimum absolute atomic E-state index is 0.0861. The van der Waals surface area contributed by atoms with Crippen molar-refractivity contribution in [3.63, 3.8) is 0 Å². The van der Waals surface area contributed by atoms with Crippen molar-refractivity contribution in [1.82, 2.24) is 15.5 Å². The van der Waals surface area contributed by atoms with Crippen LogP contribution < -0.4 is 15.5 Å². The van der Waals surface area contributed by atoms with Crippen molar-refractivity contribution in [2.45, 2.75) is 0 Å². The standard InChI is InChI=1S/C21H23ClN4O3/c22-17-6-4-5-16(13-17)21(29)24-14-19(27)23-15-20(28)26-11-9-25(10-12-26)18-7-2-1-3-8-18/h1-8,13H,9-12,14-15H2,(H,23,27)(H,24,29). The minimum atomic E-state index is -0.420. The number of carbonyl (C=O) groups excluding carboxylic acids is 3. The Balaban J connectivity index is 1.37. The van der Waals surface area contributed by atoms with Crippen LogP contribution in [-0.4, -0.2) is 61.9 Å². The molecule has 2 N–H and O–H groups in total. The molecule has 3 amide bonds. The maximum absolute atomic E-state index is 12.3. The van der Waals surface area contributed by atoms with Crippen molar-refractivity contribution < 1.29 is 14.4 Å². The highest BCUT2D eigenvalue weighted by Crippen LogP contribution is 2.15. The number of hydrogen-bond acceptors (Lipinski definition) is 4. The van der Waals surface area contributed by atoms with Gasteiger partial charge in [0.1, 0.15) is 0 Å². The summed E-state index contributed by atoms with van der Waals surface area (Å²) in [6.07, 6.45) is 0. The van der Waals surface area contributed by atoms with E-state index < -0.39 is 11.8 Å². The lowest BCUT2D eigenvalue weighted by Gasteiger charge is -2.36. The first-order valence-corrected chi connectivity index (χ1v) is 9.79. The van der Waals surface area contributed by atoms with Crippen LogP contribution in [0.5, 0.6) is 0 Å². The number of carbonyl (C=O) groups is 3. The summed E-state index contributed by atoms with van der Waals surface area (Å²) in [5, 5.41) is 5.51. The van der Waals surface area contributed by atoms with E-state index in [1.165, 1.54) is 6.07 Å². The molecule has 1 aliphatic heterocycles. The van der Waals surface area contributed by atoms with Crippen LogP contribution in [0.4, 0.5) is 5.69 Å². The Morgan fingerprint density at radius 1 is 0.862 bits per heavy atom. The lowest BCUT2D eigenvalue weighted by atomic mass is 10.2. The lowest BCUT2D eigenvalue weighted by molar-refractivity contribution is -0.132. The molecule has 0 radical (unpaired) electrons. The molecule has 29 heavy (non-hydrogen) atoms. The Bertz CT molecular complexity index is 867. The monoisotopic (exact) mass is 414 g/mol. The number of halogens is 1. The number of nitrogens with one attached hydrogen (secondary N) is 2. The summed E-state index contributed by atoms with van der Waals surface area (Å²) in [6, 6.07) is 16.5. The largest absolute Gasteiger partial charge is 0.368 e. The molecule has 2 aromatic carbocycles. The van der Waals surface area contributed by atoms with Crippen molar-refractivity contribution in [2.75, 3.05) is 44.2 Å². The third-order valence-electron chi connectivity index (χ3n) is 4.69. The fourth-order valence-electron chi connectivity index (χ4n) is 3.09. The van der Waals surface area contributed by atoms with E-state index in [2.05, 4.69) is 27.7 Å². The Morgan fingerprint density at radius 2 is 1.59 bits per heavy atom. The van der Waals surface area contributed by atoms with E-state index in [0.29, 0.717) is 23.7 Å². The number of rotatable bonds is 6. The zero-order chi connectivity index (χ0) is 20.6. The normalized spacial score (nSPS) is 13.7. The summed E-state index contributed by atoms with van der Waals surface area (Å²) in [7, 11) is 0. The Hall–Kier alpha value is -3.06. The molecule has 0 bridgehead atoms. The van der Waals surface area contributed by atoms with Crippen LogP contribution in [0.15, 0.2) is 54.6 Å². The molecule has 7 nitrogen and oxygen atoms in total. The first kappa shape index (κ1) is 20.7. The van der Waals surface area contributed by atoms with Gasteiger partial charge in [0.2, 0.25) is 11.8 Å².